The molecule has 4 nitrogen and oxygen atoms in total. The van der Waals surface area contributed by atoms with Crippen molar-refractivity contribution in [1.29, 1.82) is 0 Å². The molecule has 0 saturated heterocycles. The first-order valence-corrected chi connectivity index (χ1v) is 5.66. The van der Waals surface area contributed by atoms with Crippen molar-refractivity contribution in [2.24, 2.45) is 16.7 Å². The van der Waals surface area contributed by atoms with E-state index in [4.69, 9.17) is 9.47 Å². The van der Waals surface area contributed by atoms with Gasteiger partial charge in [-0.1, -0.05) is 19.9 Å². The van der Waals surface area contributed by atoms with Crippen LogP contribution < -0.4 is 0 Å². The molecule has 1 rings (SSSR count). The lowest BCUT2D eigenvalue weighted by molar-refractivity contribution is -0.169. The molecule has 0 aromatic carbocycles. The minimum absolute atomic E-state index is 0.179. The van der Waals surface area contributed by atoms with Gasteiger partial charge in [0.25, 0.3) is 0 Å². The number of esters is 2. The Morgan fingerprint density at radius 3 is 2.06 bits per heavy atom. The Kier molecular flexibility index (Phi) is 3.65. The Morgan fingerprint density at radius 2 is 1.76 bits per heavy atom. The van der Waals surface area contributed by atoms with Gasteiger partial charge in [-0.2, -0.15) is 0 Å². The van der Waals surface area contributed by atoms with Crippen molar-refractivity contribution < 1.29 is 19.1 Å². The van der Waals surface area contributed by atoms with Crippen LogP contribution in [0.15, 0.2) is 12.7 Å². The second-order valence-corrected chi connectivity index (χ2v) is 5.06. The summed E-state index contributed by atoms with van der Waals surface area (Å²) in [6.07, 6.45) is 2.64. The highest BCUT2D eigenvalue weighted by Crippen LogP contribution is 2.54. The molecule has 0 amide bonds. The Labute approximate surface area is 102 Å². The number of ether oxygens (including phenoxy) is 2. The number of methoxy groups -OCH3 is 2. The zero-order valence-electron chi connectivity index (χ0n) is 10.9. The zero-order valence-corrected chi connectivity index (χ0v) is 10.9. The average Bonchev–Trinajstić information content (AvgIpc) is 2.61. The summed E-state index contributed by atoms with van der Waals surface area (Å²) in [5.74, 6) is -0.846. The van der Waals surface area contributed by atoms with E-state index in [1.54, 1.807) is 0 Å². The first-order chi connectivity index (χ1) is 7.86. The molecule has 1 aliphatic carbocycles. The van der Waals surface area contributed by atoms with E-state index in [0.717, 1.165) is 0 Å². The van der Waals surface area contributed by atoms with E-state index in [2.05, 4.69) is 6.58 Å². The molecule has 96 valence electrons. The summed E-state index contributed by atoms with van der Waals surface area (Å²) >= 11 is 0. The Hall–Kier alpha value is -1.32. The molecule has 1 saturated carbocycles. The minimum Gasteiger partial charge on any atom is -0.468 e. The third-order valence-electron chi connectivity index (χ3n) is 4.08. The normalized spacial score (nSPS) is 30.7. The molecular weight excluding hydrogens is 220 g/mol. The van der Waals surface area contributed by atoms with E-state index < -0.39 is 17.4 Å². The maximum absolute atomic E-state index is 11.9. The van der Waals surface area contributed by atoms with Crippen LogP contribution in [0.1, 0.15) is 26.7 Å². The van der Waals surface area contributed by atoms with Crippen LogP contribution in [-0.4, -0.2) is 26.2 Å². The van der Waals surface area contributed by atoms with Crippen molar-refractivity contribution in [2.75, 3.05) is 14.2 Å². The van der Waals surface area contributed by atoms with Crippen molar-refractivity contribution >= 4 is 11.9 Å². The molecule has 1 aliphatic rings. The number of carbonyl (C=O) groups is 2. The van der Waals surface area contributed by atoms with Crippen LogP contribution in [0.5, 0.6) is 0 Å². The van der Waals surface area contributed by atoms with Gasteiger partial charge >= 0.3 is 11.9 Å². The number of rotatable bonds is 3. The monoisotopic (exact) mass is 240 g/mol. The number of allylic oxidation sites excluding steroid dienone is 1. The summed E-state index contributed by atoms with van der Waals surface area (Å²) in [6.45, 7) is 7.80. The predicted molar refractivity (Wildman–Crippen MR) is 63.2 cm³/mol. The molecule has 0 aliphatic heterocycles. The van der Waals surface area contributed by atoms with Gasteiger partial charge in [-0.05, 0) is 24.2 Å². The maximum atomic E-state index is 11.9. The van der Waals surface area contributed by atoms with Gasteiger partial charge in [0.05, 0.1) is 14.2 Å². The fourth-order valence-corrected chi connectivity index (χ4v) is 2.71. The van der Waals surface area contributed by atoms with Gasteiger partial charge in [0.2, 0.25) is 0 Å². The van der Waals surface area contributed by atoms with Gasteiger partial charge in [0.15, 0.2) is 5.41 Å². The van der Waals surface area contributed by atoms with E-state index in [-0.39, 0.29) is 11.3 Å². The van der Waals surface area contributed by atoms with E-state index in [1.165, 1.54) is 14.2 Å². The molecule has 1 fully saturated rings. The van der Waals surface area contributed by atoms with Crippen molar-refractivity contribution in [3.63, 3.8) is 0 Å². The fraction of sp³-hybridized carbons (Fsp3) is 0.692. The highest BCUT2D eigenvalue weighted by molar-refractivity contribution is 6.00. The van der Waals surface area contributed by atoms with Gasteiger partial charge in [-0.15, -0.1) is 6.58 Å². The second kappa shape index (κ2) is 4.51. The van der Waals surface area contributed by atoms with Crippen LogP contribution in [-0.2, 0) is 19.1 Å². The zero-order chi connectivity index (χ0) is 13.3. The minimum atomic E-state index is -1.17. The third-order valence-corrected chi connectivity index (χ3v) is 4.08. The van der Waals surface area contributed by atoms with Gasteiger partial charge in [-0.3, -0.25) is 9.59 Å². The molecular formula is C13H20O4. The maximum Gasteiger partial charge on any atom is 0.323 e. The first-order valence-electron chi connectivity index (χ1n) is 5.66. The smallest absolute Gasteiger partial charge is 0.323 e. The lowest BCUT2D eigenvalue weighted by Crippen LogP contribution is -2.39. The number of carbonyl (C=O) groups excluding carboxylic acids is 2. The molecule has 2 atom stereocenters. The summed E-state index contributed by atoms with van der Waals surface area (Å²) < 4.78 is 9.55. The van der Waals surface area contributed by atoms with Crippen LogP contribution >= 0.6 is 0 Å². The summed E-state index contributed by atoms with van der Waals surface area (Å²) in [5, 5.41) is 0. The molecule has 4 heteroatoms. The SMILES string of the molecule is C=C[C@]1(C)CC(C(=O)OC)(C(=O)OC)C[C@@H]1C. The molecule has 0 heterocycles. The molecule has 0 N–H and O–H groups in total. The lowest BCUT2D eigenvalue weighted by atomic mass is 9.79. The predicted octanol–water partition coefficient (Wildman–Crippen LogP) is 1.94. The molecule has 0 spiro atoms. The van der Waals surface area contributed by atoms with Crippen LogP contribution in [0, 0.1) is 16.7 Å². The fourth-order valence-electron chi connectivity index (χ4n) is 2.71. The van der Waals surface area contributed by atoms with E-state index in [0.29, 0.717) is 12.8 Å². The number of hydrogen-bond acceptors (Lipinski definition) is 4. The highest BCUT2D eigenvalue weighted by atomic mass is 16.5. The van der Waals surface area contributed by atoms with Gasteiger partial charge < -0.3 is 9.47 Å². The quantitative estimate of drug-likeness (QED) is 0.430. The van der Waals surface area contributed by atoms with Crippen LogP contribution in [0.4, 0.5) is 0 Å². The summed E-state index contributed by atoms with van der Waals surface area (Å²) in [5.41, 5.74) is -1.42. The Bertz CT molecular complexity index is 331. The third kappa shape index (κ3) is 1.96. The first kappa shape index (κ1) is 13.7. The number of hydrogen-bond donors (Lipinski definition) is 0. The average molecular weight is 240 g/mol. The van der Waals surface area contributed by atoms with E-state index in [1.807, 2.05) is 19.9 Å². The summed E-state index contributed by atoms with van der Waals surface area (Å²) in [4.78, 5) is 23.9. The molecule has 0 bridgehead atoms. The molecule has 0 radical (unpaired) electrons. The largest absolute Gasteiger partial charge is 0.468 e. The molecule has 0 aromatic rings. The molecule has 0 unspecified atom stereocenters. The van der Waals surface area contributed by atoms with Gasteiger partial charge in [0.1, 0.15) is 0 Å². The van der Waals surface area contributed by atoms with Crippen LogP contribution in [0.25, 0.3) is 0 Å². The van der Waals surface area contributed by atoms with Gasteiger partial charge in [0, 0.05) is 0 Å². The molecule has 17 heavy (non-hydrogen) atoms. The van der Waals surface area contributed by atoms with Crippen molar-refractivity contribution in [2.45, 2.75) is 26.7 Å². The van der Waals surface area contributed by atoms with Gasteiger partial charge in [-0.25, -0.2) is 0 Å². The topological polar surface area (TPSA) is 52.6 Å². The Morgan fingerprint density at radius 1 is 1.29 bits per heavy atom. The van der Waals surface area contributed by atoms with Crippen LogP contribution in [0.2, 0.25) is 0 Å². The summed E-state index contributed by atoms with van der Waals surface area (Å²) in [6, 6.07) is 0. The molecule has 0 aromatic heterocycles. The Balaban J connectivity index is 3.17. The van der Waals surface area contributed by atoms with Crippen molar-refractivity contribution in [3.05, 3.63) is 12.7 Å². The standard InChI is InChI=1S/C13H20O4/c1-6-12(3)8-13(7-9(12)2,10(14)16-4)11(15)17-5/h6,9H,1,7-8H2,2-5H3/t9-,12+/m0/s1. The van der Waals surface area contributed by atoms with E-state index >= 15 is 0 Å². The van der Waals surface area contributed by atoms with Crippen molar-refractivity contribution in [3.8, 4) is 0 Å². The summed E-state index contributed by atoms with van der Waals surface area (Å²) in [7, 11) is 2.59. The van der Waals surface area contributed by atoms with E-state index in [9.17, 15) is 9.59 Å². The highest BCUT2D eigenvalue weighted by Gasteiger charge is 2.59. The lowest BCUT2D eigenvalue weighted by Gasteiger charge is -2.26. The van der Waals surface area contributed by atoms with Crippen LogP contribution in [0.3, 0.4) is 0 Å². The second-order valence-electron chi connectivity index (χ2n) is 5.06. The van der Waals surface area contributed by atoms with Crippen molar-refractivity contribution in [1.82, 2.24) is 0 Å².